The van der Waals surface area contributed by atoms with Crippen LogP contribution in [0, 0.1) is 5.92 Å². The lowest BCUT2D eigenvalue weighted by Crippen LogP contribution is -2.24. The van der Waals surface area contributed by atoms with E-state index in [1.165, 1.54) is 11.1 Å². The Morgan fingerprint density at radius 2 is 2.12 bits per heavy atom. The number of aliphatic hydroxyl groups is 1. The molecular formula is C21H24BrN5O4S. The monoisotopic (exact) mass is 521 g/mol. The zero-order chi connectivity index (χ0) is 22.5. The molecule has 1 aromatic carbocycles. The van der Waals surface area contributed by atoms with Crippen molar-refractivity contribution in [1.29, 1.82) is 0 Å². The van der Waals surface area contributed by atoms with Crippen molar-refractivity contribution in [2.75, 3.05) is 11.9 Å². The van der Waals surface area contributed by atoms with Crippen LogP contribution in [0.25, 0.3) is 11.0 Å². The Morgan fingerprint density at radius 3 is 2.94 bits per heavy atom. The molecule has 0 radical (unpaired) electrons. The normalized spacial score (nSPS) is 25.3. The summed E-state index contributed by atoms with van der Waals surface area (Å²) in [6, 6.07) is 8.53. The van der Waals surface area contributed by atoms with E-state index in [1.54, 1.807) is 6.33 Å². The van der Waals surface area contributed by atoms with Crippen molar-refractivity contribution < 1.29 is 17.7 Å². The average Bonchev–Trinajstić information content (AvgIpc) is 3.43. The fourth-order valence-electron chi connectivity index (χ4n) is 4.94. The smallest absolute Gasteiger partial charge is 0.333 e. The van der Waals surface area contributed by atoms with Crippen molar-refractivity contribution in [1.82, 2.24) is 14.5 Å². The molecule has 11 heteroatoms. The van der Waals surface area contributed by atoms with E-state index in [4.69, 9.17) is 9.32 Å². The van der Waals surface area contributed by atoms with Gasteiger partial charge in [0.15, 0.2) is 0 Å². The number of nitrogens with one attached hydrogen (secondary N) is 1. The summed E-state index contributed by atoms with van der Waals surface area (Å²) in [4.78, 5) is 8.98. The number of anilines is 1. The summed E-state index contributed by atoms with van der Waals surface area (Å²) < 4.78 is 30.0. The van der Waals surface area contributed by atoms with E-state index in [1.807, 2.05) is 16.8 Å². The van der Waals surface area contributed by atoms with E-state index in [9.17, 15) is 13.5 Å². The van der Waals surface area contributed by atoms with Gasteiger partial charge in [-0.2, -0.15) is 8.42 Å². The second-order valence-corrected chi connectivity index (χ2v) is 10.6. The lowest BCUT2D eigenvalue weighted by Gasteiger charge is -2.17. The summed E-state index contributed by atoms with van der Waals surface area (Å²) >= 11 is 3.54. The molecule has 2 aliphatic rings. The van der Waals surface area contributed by atoms with E-state index in [0.29, 0.717) is 12.8 Å². The Kier molecular flexibility index (Phi) is 5.70. The summed E-state index contributed by atoms with van der Waals surface area (Å²) in [5, 5.41) is 19.8. The minimum Gasteiger partial charge on any atom is -0.393 e. The third kappa shape index (κ3) is 4.27. The summed E-state index contributed by atoms with van der Waals surface area (Å²) in [5.41, 5.74) is 3.41. The van der Waals surface area contributed by atoms with E-state index in [-0.39, 0.29) is 24.6 Å². The van der Waals surface area contributed by atoms with Gasteiger partial charge in [0.25, 0.3) is 0 Å². The second-order valence-electron chi connectivity index (χ2n) is 8.49. The molecule has 0 spiro atoms. The highest BCUT2D eigenvalue weighted by molar-refractivity contribution is 9.10. The minimum atomic E-state index is -4.03. The number of rotatable bonds is 6. The van der Waals surface area contributed by atoms with Crippen molar-refractivity contribution in [3.8, 4) is 0 Å². The maximum Gasteiger partial charge on any atom is 0.333 e. The predicted octanol–water partition coefficient (Wildman–Crippen LogP) is 2.83. The third-order valence-corrected chi connectivity index (χ3v) is 7.43. The number of aliphatic hydroxyl groups excluding tert-OH is 1. The fraction of sp³-hybridized carbons (Fsp3) is 0.429. The van der Waals surface area contributed by atoms with Gasteiger partial charge in [0.1, 0.15) is 17.8 Å². The molecule has 0 saturated heterocycles. The predicted molar refractivity (Wildman–Crippen MR) is 123 cm³/mol. The Hall–Kier alpha value is -2.05. The number of hydrogen-bond acceptors (Lipinski definition) is 7. The average molecular weight is 522 g/mol. The first-order valence-electron chi connectivity index (χ1n) is 10.5. The number of aryl methyl sites for hydroxylation is 1. The van der Waals surface area contributed by atoms with E-state index in [2.05, 4.69) is 49.4 Å². The Morgan fingerprint density at radius 1 is 1.28 bits per heavy atom. The number of fused-ring (bicyclic) bond motifs is 2. The van der Waals surface area contributed by atoms with Gasteiger partial charge in [-0.25, -0.2) is 15.1 Å². The Bertz CT molecular complexity index is 1260. The summed E-state index contributed by atoms with van der Waals surface area (Å²) in [6.07, 6.45) is 5.89. The number of halogens is 1. The molecule has 0 bridgehead atoms. The number of nitrogens with zero attached hydrogens (tertiary/aromatic N) is 3. The van der Waals surface area contributed by atoms with E-state index in [0.717, 1.165) is 34.2 Å². The quantitative estimate of drug-likeness (QED) is 0.454. The molecule has 0 aliphatic heterocycles. The number of benzene rings is 1. The van der Waals surface area contributed by atoms with Crippen LogP contribution in [0.4, 0.5) is 5.82 Å². The second kappa shape index (κ2) is 8.38. The zero-order valence-electron chi connectivity index (χ0n) is 17.2. The molecule has 4 atom stereocenters. The molecule has 2 aromatic heterocycles. The van der Waals surface area contributed by atoms with Crippen molar-refractivity contribution >= 4 is 43.1 Å². The van der Waals surface area contributed by atoms with Gasteiger partial charge in [-0.3, -0.25) is 4.18 Å². The molecule has 0 amide bonds. The molecule has 0 unspecified atom stereocenters. The lowest BCUT2D eigenvalue weighted by atomic mass is 10.1. The van der Waals surface area contributed by atoms with Gasteiger partial charge in [-0.15, -0.1) is 0 Å². The Labute approximate surface area is 194 Å². The highest BCUT2D eigenvalue weighted by Crippen LogP contribution is 2.39. The van der Waals surface area contributed by atoms with Gasteiger partial charge in [0.05, 0.1) is 24.1 Å². The van der Waals surface area contributed by atoms with Gasteiger partial charge >= 0.3 is 10.3 Å². The van der Waals surface area contributed by atoms with E-state index < -0.39 is 16.4 Å². The Balaban J connectivity index is 1.36. The highest BCUT2D eigenvalue weighted by Gasteiger charge is 2.35. The fourth-order valence-corrected chi connectivity index (χ4v) is 5.72. The molecule has 1 fully saturated rings. The van der Waals surface area contributed by atoms with Gasteiger partial charge in [-0.05, 0) is 55.0 Å². The van der Waals surface area contributed by atoms with Gasteiger partial charge in [-0.1, -0.05) is 22.0 Å². The van der Waals surface area contributed by atoms with Crippen LogP contribution in [-0.4, -0.2) is 40.8 Å². The standard InChI is InChI=1S/C21H24BrN5O4S/c22-14-2-3-16-12(7-14)1-4-18(16)26-20-17-5-6-27(21(17)25-11-24-20)15-8-13(19(28)9-15)10-31-32(23,29)30/h2-3,5-7,11,13,15,18-19,28H,1,4,8-10H2,(H2,23,29,30)(H,24,25,26)/t13-,15+,18-,19-/m0/s1. The molecule has 2 heterocycles. The topological polar surface area (TPSA) is 132 Å². The number of aromatic nitrogens is 3. The first kappa shape index (κ1) is 21.8. The lowest BCUT2D eigenvalue weighted by molar-refractivity contribution is 0.100. The summed E-state index contributed by atoms with van der Waals surface area (Å²) in [5.74, 6) is 0.465. The van der Waals surface area contributed by atoms with Crippen LogP contribution < -0.4 is 10.5 Å². The number of hydrogen-bond donors (Lipinski definition) is 3. The molecule has 32 heavy (non-hydrogen) atoms. The van der Waals surface area contributed by atoms with Crippen LogP contribution in [0.3, 0.4) is 0 Å². The maximum absolute atomic E-state index is 11.1. The van der Waals surface area contributed by atoms with Crippen LogP contribution in [-0.2, 0) is 20.9 Å². The van der Waals surface area contributed by atoms with Crippen molar-refractivity contribution in [3.05, 3.63) is 52.4 Å². The van der Waals surface area contributed by atoms with Crippen molar-refractivity contribution in [2.45, 2.75) is 43.9 Å². The molecule has 4 N–H and O–H groups in total. The number of nitrogens with two attached hydrogens (primary N) is 1. The van der Waals surface area contributed by atoms with Gasteiger partial charge in [0.2, 0.25) is 0 Å². The summed E-state index contributed by atoms with van der Waals surface area (Å²) in [7, 11) is -4.03. The van der Waals surface area contributed by atoms with Crippen LogP contribution in [0.5, 0.6) is 0 Å². The first-order valence-corrected chi connectivity index (χ1v) is 12.8. The SMILES string of the molecule is NS(=O)(=O)OC[C@@H]1C[C@@H](n2ccc3c(N[C@H]4CCc5cc(Br)ccc54)ncnc32)C[C@@H]1O. The molecule has 5 rings (SSSR count). The molecule has 9 nitrogen and oxygen atoms in total. The largest absolute Gasteiger partial charge is 0.393 e. The summed E-state index contributed by atoms with van der Waals surface area (Å²) in [6.45, 7) is -0.130. The van der Waals surface area contributed by atoms with Crippen molar-refractivity contribution in [3.63, 3.8) is 0 Å². The van der Waals surface area contributed by atoms with Crippen LogP contribution >= 0.6 is 15.9 Å². The van der Waals surface area contributed by atoms with Crippen molar-refractivity contribution in [2.24, 2.45) is 11.1 Å². The molecule has 1 saturated carbocycles. The van der Waals surface area contributed by atoms with Crippen LogP contribution in [0.1, 0.15) is 42.5 Å². The zero-order valence-corrected chi connectivity index (χ0v) is 19.6. The molecular weight excluding hydrogens is 498 g/mol. The van der Waals surface area contributed by atoms with Crippen LogP contribution in [0.2, 0.25) is 0 Å². The van der Waals surface area contributed by atoms with E-state index >= 15 is 0 Å². The van der Waals surface area contributed by atoms with Gasteiger partial charge in [0, 0.05) is 22.6 Å². The third-order valence-electron chi connectivity index (χ3n) is 6.48. The molecule has 2 aliphatic carbocycles. The maximum atomic E-state index is 11.1. The highest BCUT2D eigenvalue weighted by atomic mass is 79.9. The van der Waals surface area contributed by atoms with Gasteiger partial charge < -0.3 is 15.0 Å². The first-order chi connectivity index (χ1) is 15.3. The molecule has 170 valence electrons. The minimum absolute atomic E-state index is 0.0242. The van der Waals surface area contributed by atoms with Crippen LogP contribution in [0.15, 0.2) is 41.3 Å². The molecule has 3 aromatic rings.